The highest BCUT2D eigenvalue weighted by atomic mass is 14.5. The van der Waals surface area contributed by atoms with Crippen LogP contribution in [0.1, 0.15) is 0 Å². The summed E-state index contributed by atoms with van der Waals surface area (Å²) in [5, 5.41) is 4.85. The molecule has 0 aromatic heterocycles. The van der Waals surface area contributed by atoms with Gasteiger partial charge in [0, 0.05) is 11.8 Å². The van der Waals surface area contributed by atoms with E-state index in [0.29, 0.717) is 5.69 Å². The summed E-state index contributed by atoms with van der Waals surface area (Å²) in [6, 6.07) is 19.6. The Balaban J connectivity index is 2.47. The summed E-state index contributed by atoms with van der Waals surface area (Å²) in [6.45, 7) is 0. The topological polar surface area (TPSA) is 26.0 Å². The molecule has 0 unspecified atom stereocenters. The minimum atomic E-state index is 0.692. The number of nitrogen functional groups attached to an aromatic ring is 1. The number of hydrogen-bond acceptors (Lipinski definition) is 1. The van der Waals surface area contributed by atoms with Gasteiger partial charge in [-0.05, 0) is 45.8 Å². The van der Waals surface area contributed by atoms with Crippen LogP contribution in [0.25, 0.3) is 21.5 Å². The van der Waals surface area contributed by atoms with E-state index in [9.17, 15) is 0 Å². The van der Waals surface area contributed by atoms with E-state index in [1.165, 1.54) is 21.5 Å². The average Bonchev–Trinajstić information content (AvgIpc) is 2.26. The molecule has 0 saturated heterocycles. The fourth-order valence-electron chi connectivity index (χ4n) is 1.90. The largest absolute Gasteiger partial charge is 0.398 e. The fourth-order valence-corrected chi connectivity index (χ4v) is 1.90. The van der Waals surface area contributed by atoms with Gasteiger partial charge in [-0.15, -0.1) is 0 Å². The predicted molar refractivity (Wildman–Crippen MR) is 64.7 cm³/mol. The maximum absolute atomic E-state index is 5.71. The molecule has 0 amide bonds. The molecule has 3 aromatic carbocycles. The lowest BCUT2D eigenvalue weighted by Gasteiger charge is -2.02. The van der Waals surface area contributed by atoms with Crippen molar-refractivity contribution in [3.05, 3.63) is 54.6 Å². The van der Waals surface area contributed by atoms with E-state index in [4.69, 9.17) is 5.73 Å². The summed E-state index contributed by atoms with van der Waals surface area (Å²) < 4.78 is 0. The first kappa shape index (κ1) is 8.30. The molecule has 1 nitrogen and oxygen atoms in total. The minimum absolute atomic E-state index is 0.692. The van der Waals surface area contributed by atoms with Gasteiger partial charge in [-0.2, -0.15) is 0 Å². The van der Waals surface area contributed by atoms with Crippen molar-refractivity contribution >= 4 is 27.2 Å². The molecule has 0 heterocycles. The molecule has 3 rings (SSSR count). The molecule has 0 saturated carbocycles. The molecule has 3 aromatic rings. The van der Waals surface area contributed by atoms with Gasteiger partial charge < -0.3 is 5.73 Å². The molecule has 0 spiro atoms. The maximum Gasteiger partial charge on any atom is 0.0400 e. The van der Waals surface area contributed by atoms with Gasteiger partial charge >= 0.3 is 0 Å². The summed E-state index contributed by atoms with van der Waals surface area (Å²) in [6.07, 6.45) is 0. The minimum Gasteiger partial charge on any atom is -0.398 e. The van der Waals surface area contributed by atoms with Crippen LogP contribution in [0.2, 0.25) is 0 Å². The van der Waals surface area contributed by atoms with Crippen LogP contribution in [-0.4, -0.2) is 0 Å². The number of benzene rings is 3. The third-order valence-electron chi connectivity index (χ3n) is 2.66. The van der Waals surface area contributed by atoms with Crippen LogP contribution in [0.15, 0.2) is 48.5 Å². The van der Waals surface area contributed by atoms with Crippen molar-refractivity contribution in [1.82, 2.24) is 0 Å². The van der Waals surface area contributed by atoms with Gasteiger partial charge in [0.1, 0.15) is 0 Å². The zero-order chi connectivity index (χ0) is 10.3. The molecule has 0 bridgehead atoms. The van der Waals surface area contributed by atoms with Crippen LogP contribution < -0.4 is 5.73 Å². The van der Waals surface area contributed by atoms with Crippen molar-refractivity contribution in [2.24, 2.45) is 0 Å². The Morgan fingerprint density at radius 3 is 2.20 bits per heavy atom. The van der Waals surface area contributed by atoms with Gasteiger partial charge in [-0.1, -0.05) is 24.3 Å². The van der Waals surface area contributed by atoms with Crippen molar-refractivity contribution in [3.63, 3.8) is 0 Å². The van der Waals surface area contributed by atoms with E-state index in [-0.39, 0.29) is 0 Å². The lowest BCUT2D eigenvalue weighted by atomic mass is 10.0. The van der Waals surface area contributed by atoms with E-state index < -0.39 is 0 Å². The van der Waals surface area contributed by atoms with E-state index in [2.05, 4.69) is 36.4 Å². The molecule has 15 heavy (non-hydrogen) atoms. The van der Waals surface area contributed by atoms with E-state index in [1.54, 1.807) is 0 Å². The second-order valence-corrected chi connectivity index (χ2v) is 3.72. The number of fused-ring (bicyclic) bond motifs is 2. The summed E-state index contributed by atoms with van der Waals surface area (Å²) in [5.74, 6) is 0. The molecular weight excluding hydrogens is 182 g/mol. The lowest BCUT2D eigenvalue weighted by molar-refractivity contribution is 1.73. The Labute approximate surface area is 88.1 Å². The second-order valence-electron chi connectivity index (χ2n) is 3.72. The third kappa shape index (κ3) is 1.33. The van der Waals surface area contributed by atoms with Gasteiger partial charge in [0.25, 0.3) is 0 Å². The van der Waals surface area contributed by atoms with Crippen LogP contribution in [0.3, 0.4) is 0 Å². The van der Waals surface area contributed by atoms with E-state index >= 15 is 0 Å². The normalized spacial score (nSPS) is 10.9. The van der Waals surface area contributed by atoms with Gasteiger partial charge in [-0.25, -0.2) is 0 Å². The van der Waals surface area contributed by atoms with Crippen LogP contribution in [-0.2, 0) is 0 Å². The van der Waals surface area contributed by atoms with Crippen LogP contribution in [0.5, 0.6) is 0 Å². The quantitative estimate of drug-likeness (QED) is 0.429. The van der Waals surface area contributed by atoms with Crippen LogP contribution in [0, 0.1) is 6.07 Å². The molecule has 71 valence electrons. The zero-order valence-electron chi connectivity index (χ0n) is 8.20. The number of anilines is 1. The van der Waals surface area contributed by atoms with Gasteiger partial charge in [0.15, 0.2) is 0 Å². The summed E-state index contributed by atoms with van der Waals surface area (Å²) >= 11 is 0. The first-order chi connectivity index (χ1) is 7.33. The Kier molecular flexibility index (Phi) is 1.65. The molecule has 0 aliphatic rings. The van der Waals surface area contributed by atoms with Crippen molar-refractivity contribution in [3.8, 4) is 0 Å². The highest BCUT2D eigenvalue weighted by Gasteiger charge is 1.97. The molecule has 0 fully saturated rings. The third-order valence-corrected chi connectivity index (χ3v) is 2.66. The van der Waals surface area contributed by atoms with E-state index in [1.807, 2.05) is 18.2 Å². The van der Waals surface area contributed by atoms with Crippen LogP contribution in [0.4, 0.5) is 5.69 Å². The van der Waals surface area contributed by atoms with Crippen LogP contribution >= 0.6 is 0 Å². The van der Waals surface area contributed by atoms with Gasteiger partial charge in [-0.3, -0.25) is 0 Å². The Morgan fingerprint density at radius 1 is 0.800 bits per heavy atom. The molecule has 1 heteroatoms. The van der Waals surface area contributed by atoms with Crippen molar-refractivity contribution < 1.29 is 0 Å². The summed E-state index contributed by atoms with van der Waals surface area (Å²) in [4.78, 5) is 0. The molecule has 0 atom stereocenters. The first-order valence-electron chi connectivity index (χ1n) is 4.93. The first-order valence-corrected chi connectivity index (χ1v) is 4.93. The molecule has 1 radical (unpaired) electrons. The van der Waals surface area contributed by atoms with Crippen molar-refractivity contribution in [1.29, 1.82) is 0 Å². The standard InChI is InChI=1S/C14H10N/c15-14-6-5-12-7-10-3-1-2-4-11(10)8-13(12)9-14/h1-5,7-9H,15H2. The molecule has 0 aliphatic heterocycles. The highest BCUT2D eigenvalue weighted by molar-refractivity contribution is 5.99. The number of hydrogen-bond donors (Lipinski definition) is 1. The molecule has 0 aliphatic carbocycles. The number of nitrogens with two attached hydrogens (primary N) is 1. The lowest BCUT2D eigenvalue weighted by Crippen LogP contribution is -1.84. The smallest absolute Gasteiger partial charge is 0.0400 e. The summed E-state index contributed by atoms with van der Waals surface area (Å²) in [7, 11) is 0. The van der Waals surface area contributed by atoms with Crippen molar-refractivity contribution in [2.75, 3.05) is 5.73 Å². The Morgan fingerprint density at radius 2 is 1.47 bits per heavy atom. The van der Waals surface area contributed by atoms with Crippen molar-refractivity contribution in [2.45, 2.75) is 0 Å². The zero-order valence-corrected chi connectivity index (χ0v) is 8.20. The monoisotopic (exact) mass is 192 g/mol. The average molecular weight is 192 g/mol. The second kappa shape index (κ2) is 2.99. The van der Waals surface area contributed by atoms with E-state index in [0.717, 1.165) is 0 Å². The van der Waals surface area contributed by atoms with Gasteiger partial charge in [0.2, 0.25) is 0 Å². The Hall–Kier alpha value is -2.02. The maximum atomic E-state index is 5.71. The highest BCUT2D eigenvalue weighted by Crippen LogP contribution is 2.23. The molecular formula is C14H10N. The molecule has 2 N–H and O–H groups in total. The Bertz CT molecular complexity index is 641. The summed E-state index contributed by atoms with van der Waals surface area (Å²) in [5.41, 5.74) is 6.40. The fraction of sp³-hybridized carbons (Fsp3) is 0. The van der Waals surface area contributed by atoms with Gasteiger partial charge in [0.05, 0.1) is 0 Å². The predicted octanol–water partition coefficient (Wildman–Crippen LogP) is 3.38. The SMILES string of the molecule is Nc1[c]cc2cc3ccccc3cc2c1. The number of rotatable bonds is 0.